The van der Waals surface area contributed by atoms with E-state index in [0.29, 0.717) is 17.1 Å². The molecule has 0 radical (unpaired) electrons. The number of carbonyl (C=O) groups excluding carboxylic acids is 9. The van der Waals surface area contributed by atoms with Gasteiger partial charge in [-0.2, -0.15) is 0 Å². The van der Waals surface area contributed by atoms with Crippen molar-refractivity contribution in [3.8, 4) is 23.0 Å². The zero-order valence-corrected chi connectivity index (χ0v) is 44.9. The van der Waals surface area contributed by atoms with E-state index in [1.807, 2.05) is 60.7 Å². The number of allylic oxidation sites excluding steroid dienone is 1. The van der Waals surface area contributed by atoms with E-state index in [2.05, 4.69) is 0 Å². The Bertz CT molecular complexity index is 2890. The smallest absolute Gasteiger partial charge is 0.303 e. The van der Waals surface area contributed by atoms with Crippen molar-refractivity contribution in [3.63, 3.8) is 0 Å². The van der Waals surface area contributed by atoms with Gasteiger partial charge in [0.1, 0.15) is 61.6 Å². The van der Waals surface area contributed by atoms with Crippen molar-refractivity contribution in [2.24, 2.45) is 0 Å². The van der Waals surface area contributed by atoms with Crippen LogP contribution in [0.3, 0.4) is 0 Å². The van der Waals surface area contributed by atoms with Crippen LogP contribution in [0.15, 0.2) is 103 Å². The summed E-state index contributed by atoms with van der Waals surface area (Å²) in [6, 6.07) is 27.6. The first-order chi connectivity index (χ1) is 38.1. The molecule has 2 unspecified atom stereocenters. The average Bonchev–Trinajstić information content (AvgIpc) is 3.41. The lowest BCUT2D eigenvalue weighted by molar-refractivity contribution is -0.289. The summed E-state index contributed by atoms with van der Waals surface area (Å²) in [5.74, 6) is -7.58. The van der Waals surface area contributed by atoms with Crippen molar-refractivity contribution in [1.82, 2.24) is 0 Å². The summed E-state index contributed by atoms with van der Waals surface area (Å²) >= 11 is 0. The fraction of sp³-hybridized carbons (Fsp3) is 0.386. The fourth-order valence-corrected chi connectivity index (χ4v) is 8.30. The van der Waals surface area contributed by atoms with Gasteiger partial charge in [0.05, 0.1) is 5.56 Å². The summed E-state index contributed by atoms with van der Waals surface area (Å²) in [4.78, 5) is 115. The number of carbonyl (C=O) groups is 9. The molecule has 23 nitrogen and oxygen atoms in total. The molecule has 4 aromatic rings. The maximum absolute atomic E-state index is 14.7. The zero-order valence-electron chi connectivity index (χ0n) is 44.9. The molecule has 2 aliphatic heterocycles. The minimum atomic E-state index is -1.88. The highest BCUT2D eigenvalue weighted by Gasteiger charge is 2.55. The number of benzene rings is 4. The minimum Gasteiger partial charge on any atom is -0.489 e. The third kappa shape index (κ3) is 17.9. The predicted molar refractivity (Wildman–Crippen MR) is 273 cm³/mol. The van der Waals surface area contributed by atoms with Gasteiger partial charge in [-0.15, -0.1) is 0 Å². The van der Waals surface area contributed by atoms with Gasteiger partial charge in [0.25, 0.3) is 0 Å². The van der Waals surface area contributed by atoms with Crippen molar-refractivity contribution in [1.29, 1.82) is 0 Å². The van der Waals surface area contributed by atoms with Crippen LogP contribution in [0.25, 0.3) is 6.08 Å². The predicted octanol–water partition coefficient (Wildman–Crippen LogP) is 5.66. The summed E-state index contributed by atoms with van der Waals surface area (Å²) in [6.07, 6.45) is -13.8. The van der Waals surface area contributed by atoms with E-state index in [9.17, 15) is 43.2 Å². The average molecular weight is 1110 g/mol. The second kappa shape index (κ2) is 28.7. The van der Waals surface area contributed by atoms with Gasteiger partial charge >= 0.3 is 47.8 Å². The van der Waals surface area contributed by atoms with E-state index in [4.69, 9.17) is 66.3 Å². The summed E-state index contributed by atoms with van der Waals surface area (Å²) < 4.78 is 81.3. The third-order valence-electron chi connectivity index (χ3n) is 11.5. The van der Waals surface area contributed by atoms with Gasteiger partial charge in [0.2, 0.25) is 24.8 Å². The van der Waals surface area contributed by atoms with Crippen LogP contribution in [0.2, 0.25) is 0 Å². The van der Waals surface area contributed by atoms with E-state index < -0.39 is 134 Å². The van der Waals surface area contributed by atoms with Gasteiger partial charge in [-0.05, 0) is 47.5 Å². The molecule has 10 atom stereocenters. The van der Waals surface area contributed by atoms with Gasteiger partial charge in [0, 0.05) is 73.1 Å². The Kier molecular flexibility index (Phi) is 21.7. The van der Waals surface area contributed by atoms with Crippen LogP contribution in [0, 0.1) is 0 Å². The molecule has 426 valence electrons. The second-order valence-corrected chi connectivity index (χ2v) is 18.0. The first-order valence-corrected chi connectivity index (χ1v) is 24.9. The maximum atomic E-state index is 14.7. The maximum Gasteiger partial charge on any atom is 0.303 e. The van der Waals surface area contributed by atoms with E-state index >= 15 is 0 Å². The van der Waals surface area contributed by atoms with E-state index in [-0.39, 0.29) is 24.5 Å². The molecule has 80 heavy (non-hydrogen) atoms. The highest BCUT2D eigenvalue weighted by molar-refractivity contribution is 6.09. The standard InChI is InChI=1S/C57H60O23/c1-31(58)67-29-48-50(71-33(3)60)52(73-35(5)62)54(75-37(7)64)56(79-48)77-43-22-23-44(47(26-43)78-57-55(76-38(8)65)53(74-36(6)63)51(72-34(4)61)49(80-57)30-68-32(2)59)45(66)24-20-41-19-21-42(69-27-39-15-11-9-12-16-39)25-46(41)70-28-40-17-13-10-14-18-40/h9-26,48-57H,27-30H2,1-8H3/t48-,49-,50-,51-,52+,53+,54-,55-,56?,57?/m1/s1. The van der Waals surface area contributed by atoms with Crippen LogP contribution in [-0.2, 0) is 98.9 Å². The van der Waals surface area contributed by atoms with Gasteiger partial charge in [-0.25, -0.2) is 0 Å². The summed E-state index contributed by atoms with van der Waals surface area (Å²) in [7, 11) is 0. The Morgan fingerprint density at radius 3 is 1.30 bits per heavy atom. The molecular formula is C57H60O23. The Morgan fingerprint density at radius 2 is 0.838 bits per heavy atom. The molecule has 23 heteroatoms. The lowest BCUT2D eigenvalue weighted by Crippen LogP contribution is -2.63. The van der Waals surface area contributed by atoms with Crippen molar-refractivity contribution in [2.75, 3.05) is 13.2 Å². The summed E-state index contributed by atoms with van der Waals surface area (Å²) in [6.45, 7) is 7.62. The number of hydrogen-bond acceptors (Lipinski definition) is 23. The quantitative estimate of drug-likeness (QED) is 0.0374. The van der Waals surface area contributed by atoms with E-state index in [0.717, 1.165) is 72.6 Å². The number of ketones is 1. The molecule has 2 fully saturated rings. The summed E-state index contributed by atoms with van der Waals surface area (Å²) in [5, 5.41) is 0. The number of rotatable bonds is 23. The number of hydrogen-bond donors (Lipinski definition) is 0. The van der Waals surface area contributed by atoms with Crippen molar-refractivity contribution < 1.29 is 109 Å². The van der Waals surface area contributed by atoms with Gasteiger partial charge < -0.3 is 66.3 Å². The third-order valence-corrected chi connectivity index (χ3v) is 11.5. The minimum absolute atomic E-state index is 0.146. The molecule has 6 rings (SSSR count). The first-order valence-electron chi connectivity index (χ1n) is 24.9. The van der Waals surface area contributed by atoms with Gasteiger partial charge in [0.15, 0.2) is 30.2 Å². The molecule has 2 aliphatic rings. The summed E-state index contributed by atoms with van der Waals surface area (Å²) in [5.41, 5.74) is 1.99. The van der Waals surface area contributed by atoms with Crippen LogP contribution in [0.1, 0.15) is 82.4 Å². The monoisotopic (exact) mass is 1110 g/mol. The molecular weight excluding hydrogens is 1050 g/mol. The topological polar surface area (TPSA) is 283 Å². The first kappa shape index (κ1) is 60.4. The molecule has 0 amide bonds. The molecule has 0 saturated carbocycles. The molecule has 2 heterocycles. The molecule has 4 aromatic carbocycles. The zero-order chi connectivity index (χ0) is 58.0. The van der Waals surface area contributed by atoms with Crippen molar-refractivity contribution in [2.45, 2.75) is 130 Å². The lowest BCUT2D eigenvalue weighted by atomic mass is 9.97. The molecule has 0 N–H and O–H groups in total. The van der Waals surface area contributed by atoms with Crippen LogP contribution in [-0.4, -0.2) is 128 Å². The van der Waals surface area contributed by atoms with Crippen molar-refractivity contribution >= 4 is 59.6 Å². The highest BCUT2D eigenvalue weighted by Crippen LogP contribution is 2.37. The van der Waals surface area contributed by atoms with Crippen molar-refractivity contribution in [3.05, 3.63) is 125 Å². The Labute approximate surface area is 459 Å². The normalized spacial score (nSPS) is 22.2. The largest absolute Gasteiger partial charge is 0.489 e. The lowest BCUT2D eigenvalue weighted by Gasteiger charge is -2.44. The molecule has 0 bridgehead atoms. The van der Waals surface area contributed by atoms with Crippen LogP contribution in [0.4, 0.5) is 0 Å². The molecule has 0 aliphatic carbocycles. The van der Waals surface area contributed by atoms with Gasteiger partial charge in [-0.1, -0.05) is 60.7 Å². The van der Waals surface area contributed by atoms with Gasteiger partial charge in [-0.3, -0.25) is 43.2 Å². The Hall–Kier alpha value is -8.83. The number of ether oxygens (including phenoxy) is 14. The molecule has 2 saturated heterocycles. The fourth-order valence-electron chi connectivity index (χ4n) is 8.30. The SMILES string of the molecule is CC(=O)OC[C@H]1OC(Oc2ccc(C(=O)C=Cc3ccc(OCc4ccccc4)cc3OCc3ccccc3)c(OC3O[C@H](COC(C)=O)[C@@H](OC(C)=O)[C@H](OC(C)=O)[C@H]3OC(C)=O)c2)[C@H](OC(C)=O)[C@@H](OC(C)=O)[C@@H]1OC(C)=O. The van der Waals surface area contributed by atoms with Crippen LogP contribution in [0.5, 0.6) is 23.0 Å². The Balaban J connectivity index is 1.46. The van der Waals surface area contributed by atoms with E-state index in [1.54, 1.807) is 18.2 Å². The van der Waals surface area contributed by atoms with Crippen LogP contribution < -0.4 is 18.9 Å². The van der Waals surface area contributed by atoms with E-state index in [1.165, 1.54) is 24.3 Å². The Morgan fingerprint density at radius 1 is 0.425 bits per heavy atom. The van der Waals surface area contributed by atoms with Crippen LogP contribution >= 0.6 is 0 Å². The highest BCUT2D eigenvalue weighted by atomic mass is 16.8. The second-order valence-electron chi connectivity index (χ2n) is 18.0. The number of esters is 8. The molecule has 0 aromatic heterocycles. The molecule has 0 spiro atoms.